The van der Waals surface area contributed by atoms with E-state index >= 15 is 0 Å². The first-order valence-corrected chi connectivity index (χ1v) is 11.9. The van der Waals surface area contributed by atoms with Crippen LogP contribution in [0.1, 0.15) is 66.9 Å². The maximum Gasteiger partial charge on any atom is 0.494 e. The summed E-state index contributed by atoms with van der Waals surface area (Å²) in [6.45, 7) is 15.4. The maximum atomic E-state index is 13.0. The van der Waals surface area contributed by atoms with Crippen molar-refractivity contribution < 1.29 is 23.6 Å². The molecule has 0 unspecified atom stereocenters. The van der Waals surface area contributed by atoms with Crippen LogP contribution in [0.2, 0.25) is 0 Å². The van der Waals surface area contributed by atoms with Crippen molar-refractivity contribution in [2.24, 2.45) is 0 Å². The molecule has 1 saturated carbocycles. The lowest BCUT2D eigenvalue weighted by molar-refractivity contribution is -0.134. The van der Waals surface area contributed by atoms with Gasteiger partial charge in [0.15, 0.2) is 0 Å². The molecule has 1 aliphatic carbocycles. The van der Waals surface area contributed by atoms with E-state index in [-0.39, 0.29) is 28.7 Å². The standard InChI is InChI=1S/C25H37BN2O5/c1-22(2,3)31-21(30)28-15-14-27(17-25(28)12-13-25)20(29)16-18-8-10-19(11-9-18)26-32-23(4,5)24(6,7)33-26/h8-11H,12-17H2,1-7H3. The lowest BCUT2D eigenvalue weighted by atomic mass is 9.79. The average Bonchev–Trinajstić information content (AvgIpc) is 3.40. The van der Waals surface area contributed by atoms with Gasteiger partial charge in [-0.3, -0.25) is 9.69 Å². The number of benzene rings is 1. The fourth-order valence-electron chi connectivity index (χ4n) is 4.42. The van der Waals surface area contributed by atoms with E-state index in [2.05, 4.69) is 0 Å². The SMILES string of the molecule is CC(C)(C)OC(=O)N1CCN(C(=O)Cc2ccc(B3OC(C)(C)C(C)(C)O3)cc2)CC12CC2. The Morgan fingerprint density at radius 3 is 2.09 bits per heavy atom. The van der Waals surface area contributed by atoms with Crippen LogP contribution in [0.15, 0.2) is 24.3 Å². The Labute approximate surface area is 197 Å². The number of rotatable bonds is 3. The van der Waals surface area contributed by atoms with Gasteiger partial charge in [-0.25, -0.2) is 4.79 Å². The van der Waals surface area contributed by atoms with Crippen LogP contribution < -0.4 is 5.46 Å². The molecule has 2 amide bonds. The summed E-state index contributed by atoms with van der Waals surface area (Å²) < 4.78 is 17.8. The Hall–Kier alpha value is -2.06. The molecule has 180 valence electrons. The monoisotopic (exact) mass is 456 g/mol. The number of piperazine rings is 1. The lowest BCUT2D eigenvalue weighted by Crippen LogP contribution is -2.59. The number of carbonyl (C=O) groups excluding carboxylic acids is 2. The van der Waals surface area contributed by atoms with Crippen LogP contribution in [0.3, 0.4) is 0 Å². The minimum absolute atomic E-state index is 0.0912. The van der Waals surface area contributed by atoms with Crippen molar-refractivity contribution in [2.45, 2.75) is 90.1 Å². The molecule has 1 spiro atoms. The molecule has 0 bridgehead atoms. The molecule has 0 atom stereocenters. The smallest absolute Gasteiger partial charge is 0.444 e. The largest absolute Gasteiger partial charge is 0.494 e. The van der Waals surface area contributed by atoms with Gasteiger partial charge in [-0.2, -0.15) is 0 Å². The summed E-state index contributed by atoms with van der Waals surface area (Å²) in [4.78, 5) is 29.4. The Morgan fingerprint density at radius 1 is 1.00 bits per heavy atom. The maximum absolute atomic E-state index is 13.0. The van der Waals surface area contributed by atoms with Crippen molar-refractivity contribution in [1.29, 1.82) is 0 Å². The molecule has 2 aliphatic heterocycles. The summed E-state index contributed by atoms with van der Waals surface area (Å²) in [5.41, 5.74) is 0.370. The van der Waals surface area contributed by atoms with Gasteiger partial charge in [0, 0.05) is 19.6 Å². The topological polar surface area (TPSA) is 68.3 Å². The second-order valence-electron chi connectivity index (χ2n) is 11.7. The van der Waals surface area contributed by atoms with Crippen molar-refractivity contribution in [1.82, 2.24) is 9.80 Å². The van der Waals surface area contributed by atoms with Gasteiger partial charge >= 0.3 is 13.2 Å². The van der Waals surface area contributed by atoms with E-state index in [1.54, 1.807) is 0 Å². The van der Waals surface area contributed by atoms with Gasteiger partial charge < -0.3 is 18.9 Å². The molecular weight excluding hydrogens is 419 g/mol. The van der Waals surface area contributed by atoms with E-state index in [9.17, 15) is 9.59 Å². The Bertz CT molecular complexity index is 902. The minimum Gasteiger partial charge on any atom is -0.444 e. The zero-order chi connectivity index (χ0) is 24.2. The van der Waals surface area contributed by atoms with Crippen molar-refractivity contribution in [2.75, 3.05) is 19.6 Å². The first-order valence-electron chi connectivity index (χ1n) is 11.9. The van der Waals surface area contributed by atoms with Gasteiger partial charge in [-0.15, -0.1) is 0 Å². The molecule has 3 aliphatic rings. The Balaban J connectivity index is 1.35. The van der Waals surface area contributed by atoms with E-state index in [1.165, 1.54) is 0 Å². The molecule has 0 radical (unpaired) electrons. The van der Waals surface area contributed by atoms with Gasteiger partial charge in [-0.1, -0.05) is 24.3 Å². The highest BCUT2D eigenvalue weighted by Gasteiger charge is 2.55. The van der Waals surface area contributed by atoms with Crippen molar-refractivity contribution in [3.05, 3.63) is 29.8 Å². The number of ether oxygens (including phenoxy) is 1. The first kappa shape index (κ1) is 24.1. The third-order valence-corrected chi connectivity index (χ3v) is 7.31. The van der Waals surface area contributed by atoms with E-state index < -0.39 is 12.7 Å². The molecule has 7 nitrogen and oxygen atoms in total. The van der Waals surface area contributed by atoms with Crippen LogP contribution in [0.4, 0.5) is 4.79 Å². The molecule has 8 heteroatoms. The summed E-state index contributed by atoms with van der Waals surface area (Å²) in [5, 5.41) is 0. The van der Waals surface area contributed by atoms with E-state index in [0.29, 0.717) is 26.1 Å². The Morgan fingerprint density at radius 2 is 1.58 bits per heavy atom. The molecule has 33 heavy (non-hydrogen) atoms. The summed E-state index contributed by atoms with van der Waals surface area (Å²) in [5.74, 6) is 0.0912. The predicted octanol–water partition coefficient (Wildman–Crippen LogP) is 3.14. The van der Waals surface area contributed by atoms with Crippen LogP contribution in [0, 0.1) is 0 Å². The van der Waals surface area contributed by atoms with Gasteiger partial charge in [0.25, 0.3) is 0 Å². The second kappa shape index (κ2) is 8.02. The number of amides is 2. The zero-order valence-corrected chi connectivity index (χ0v) is 21.1. The molecule has 1 aromatic rings. The predicted molar refractivity (Wildman–Crippen MR) is 127 cm³/mol. The van der Waals surface area contributed by atoms with Crippen LogP contribution in [0.5, 0.6) is 0 Å². The minimum atomic E-state index is -0.521. The molecule has 3 fully saturated rings. The number of hydrogen-bond donors (Lipinski definition) is 0. The summed E-state index contributed by atoms with van der Waals surface area (Å²) in [7, 11) is -0.407. The molecule has 0 aromatic heterocycles. The highest BCUT2D eigenvalue weighted by Crippen LogP contribution is 2.45. The second-order valence-corrected chi connectivity index (χ2v) is 11.7. The molecule has 2 saturated heterocycles. The summed E-state index contributed by atoms with van der Waals surface area (Å²) in [6, 6.07) is 7.91. The quantitative estimate of drug-likeness (QED) is 0.654. The molecule has 1 aromatic carbocycles. The normalized spacial score (nSPS) is 23.1. The first-order chi connectivity index (χ1) is 15.2. The fourth-order valence-corrected chi connectivity index (χ4v) is 4.42. The van der Waals surface area contributed by atoms with Crippen LogP contribution in [-0.2, 0) is 25.3 Å². The summed E-state index contributed by atoms with van der Waals surface area (Å²) in [6.07, 6.45) is 1.90. The molecule has 0 N–H and O–H groups in total. The highest BCUT2D eigenvalue weighted by atomic mass is 16.7. The third-order valence-electron chi connectivity index (χ3n) is 7.31. The highest BCUT2D eigenvalue weighted by molar-refractivity contribution is 6.62. The molecular formula is C25H37BN2O5. The van der Waals surface area contributed by atoms with Crippen molar-refractivity contribution in [3.8, 4) is 0 Å². The van der Waals surface area contributed by atoms with Gasteiger partial charge in [-0.05, 0) is 72.3 Å². The van der Waals surface area contributed by atoms with Crippen LogP contribution >= 0.6 is 0 Å². The van der Waals surface area contributed by atoms with Gasteiger partial charge in [0.05, 0.1) is 23.2 Å². The fraction of sp³-hybridized carbons (Fsp3) is 0.680. The third kappa shape index (κ3) is 4.92. The lowest BCUT2D eigenvalue weighted by Gasteiger charge is -2.42. The van der Waals surface area contributed by atoms with E-state index in [0.717, 1.165) is 23.9 Å². The summed E-state index contributed by atoms with van der Waals surface area (Å²) >= 11 is 0. The zero-order valence-electron chi connectivity index (χ0n) is 21.1. The molecule has 2 heterocycles. The van der Waals surface area contributed by atoms with Gasteiger partial charge in [0.2, 0.25) is 5.91 Å². The van der Waals surface area contributed by atoms with Crippen LogP contribution in [0.25, 0.3) is 0 Å². The van der Waals surface area contributed by atoms with Crippen molar-refractivity contribution >= 4 is 24.6 Å². The molecule has 4 rings (SSSR count). The number of nitrogens with zero attached hydrogens (tertiary/aromatic N) is 2. The van der Waals surface area contributed by atoms with Crippen LogP contribution in [-0.4, -0.2) is 70.9 Å². The average molecular weight is 456 g/mol. The number of hydrogen-bond acceptors (Lipinski definition) is 5. The van der Waals surface area contributed by atoms with Crippen molar-refractivity contribution in [3.63, 3.8) is 0 Å². The van der Waals surface area contributed by atoms with E-state index in [4.69, 9.17) is 14.0 Å². The van der Waals surface area contributed by atoms with Gasteiger partial charge in [0.1, 0.15) is 5.60 Å². The van der Waals surface area contributed by atoms with E-state index in [1.807, 2.05) is 82.5 Å². The Kier molecular flexibility index (Phi) is 5.85. The number of carbonyl (C=O) groups is 2.